The van der Waals surface area contributed by atoms with Crippen LogP contribution in [0.1, 0.15) is 74.8 Å². The van der Waals surface area contributed by atoms with Gasteiger partial charge in [0.25, 0.3) is 0 Å². The molecule has 0 spiro atoms. The maximum atomic E-state index is 13.9. The highest BCUT2D eigenvalue weighted by atomic mass is 32.2. The smallest absolute Gasteiger partial charge is 0.242 e. The Morgan fingerprint density at radius 1 is 0.690 bits per heavy atom. The molecule has 42 heavy (non-hydrogen) atoms. The lowest BCUT2D eigenvalue weighted by molar-refractivity contribution is -0.120. The van der Waals surface area contributed by atoms with Crippen molar-refractivity contribution in [1.29, 1.82) is 0 Å². The molecule has 4 aromatic rings. The molecule has 2 amide bonds. The first-order valence-corrected chi connectivity index (χ1v) is 15.1. The number of nitrogens with one attached hydrogen (secondary N) is 2. The Bertz CT molecular complexity index is 1680. The van der Waals surface area contributed by atoms with Crippen LogP contribution in [0, 0.1) is 5.92 Å². The van der Waals surface area contributed by atoms with Crippen molar-refractivity contribution in [2.75, 3.05) is 10.6 Å². The van der Waals surface area contributed by atoms with Gasteiger partial charge < -0.3 is 10.6 Å². The molecule has 1 saturated carbocycles. The van der Waals surface area contributed by atoms with E-state index in [9.17, 15) is 19.2 Å². The number of hydrogen-bond acceptors (Lipinski definition) is 5. The largest absolute Gasteiger partial charge is 0.326 e. The van der Waals surface area contributed by atoms with Crippen LogP contribution in [0.15, 0.2) is 102 Å². The number of rotatable bonds is 7. The Morgan fingerprint density at radius 3 is 2.12 bits per heavy atom. The number of amides is 2. The number of carbonyl (C=O) groups is 4. The third kappa shape index (κ3) is 5.65. The first-order valence-electron chi connectivity index (χ1n) is 14.2. The molecule has 0 aliphatic heterocycles. The van der Waals surface area contributed by atoms with Crippen molar-refractivity contribution in [3.63, 3.8) is 0 Å². The van der Waals surface area contributed by atoms with Crippen molar-refractivity contribution in [3.8, 4) is 0 Å². The van der Waals surface area contributed by atoms with Crippen molar-refractivity contribution in [2.45, 2.75) is 42.2 Å². The maximum absolute atomic E-state index is 13.9. The average Bonchev–Trinajstić information content (AvgIpc) is 3.03. The topological polar surface area (TPSA) is 92.3 Å². The van der Waals surface area contributed by atoms with Gasteiger partial charge in [-0.3, -0.25) is 19.2 Å². The van der Waals surface area contributed by atoms with E-state index in [0.717, 1.165) is 36.1 Å². The Morgan fingerprint density at radius 2 is 1.36 bits per heavy atom. The lowest BCUT2D eigenvalue weighted by Crippen LogP contribution is -2.25. The van der Waals surface area contributed by atoms with Crippen LogP contribution in [-0.4, -0.2) is 23.4 Å². The molecule has 1 fully saturated rings. The summed E-state index contributed by atoms with van der Waals surface area (Å²) in [4.78, 5) is 54.2. The zero-order chi connectivity index (χ0) is 29.1. The van der Waals surface area contributed by atoms with Crippen LogP contribution in [-0.2, 0) is 9.59 Å². The monoisotopic (exact) mass is 574 g/mol. The zero-order valence-corrected chi connectivity index (χ0v) is 23.8. The predicted molar refractivity (Wildman–Crippen MR) is 165 cm³/mol. The molecule has 6 nitrogen and oxygen atoms in total. The van der Waals surface area contributed by atoms with Gasteiger partial charge in [-0.1, -0.05) is 92.1 Å². The van der Waals surface area contributed by atoms with Gasteiger partial charge in [-0.2, -0.15) is 0 Å². The van der Waals surface area contributed by atoms with E-state index in [4.69, 9.17) is 0 Å². The van der Waals surface area contributed by atoms with E-state index in [1.165, 1.54) is 18.2 Å². The van der Waals surface area contributed by atoms with Crippen molar-refractivity contribution in [1.82, 2.24) is 0 Å². The summed E-state index contributed by atoms with van der Waals surface area (Å²) < 4.78 is 0. The van der Waals surface area contributed by atoms with Crippen LogP contribution >= 0.6 is 11.8 Å². The number of benzene rings is 4. The molecule has 2 aliphatic carbocycles. The van der Waals surface area contributed by atoms with Crippen LogP contribution in [0.3, 0.4) is 0 Å². The van der Waals surface area contributed by atoms with E-state index >= 15 is 0 Å². The van der Waals surface area contributed by atoms with Crippen LogP contribution in [0.4, 0.5) is 11.4 Å². The molecule has 1 atom stereocenters. The summed E-state index contributed by atoms with van der Waals surface area (Å²) >= 11 is 1.36. The van der Waals surface area contributed by atoms with E-state index in [1.807, 2.05) is 54.6 Å². The van der Waals surface area contributed by atoms with E-state index in [2.05, 4.69) is 10.6 Å². The molecule has 0 saturated heterocycles. The van der Waals surface area contributed by atoms with Gasteiger partial charge in [-0.05, 0) is 42.7 Å². The van der Waals surface area contributed by atoms with Crippen LogP contribution < -0.4 is 10.6 Å². The number of hydrogen-bond donors (Lipinski definition) is 2. The Balaban J connectivity index is 1.26. The molecule has 0 aromatic heterocycles. The highest BCUT2D eigenvalue weighted by Gasteiger charge is 2.33. The van der Waals surface area contributed by atoms with Crippen molar-refractivity contribution in [3.05, 3.63) is 125 Å². The summed E-state index contributed by atoms with van der Waals surface area (Å²) in [5.74, 6) is -0.769. The molecule has 6 rings (SSSR count). The lowest BCUT2D eigenvalue weighted by Gasteiger charge is -2.22. The highest BCUT2D eigenvalue weighted by molar-refractivity contribution is 8.00. The normalized spacial score (nSPS) is 15.3. The van der Waals surface area contributed by atoms with Gasteiger partial charge in [-0.15, -0.1) is 11.8 Å². The summed E-state index contributed by atoms with van der Waals surface area (Å²) in [6.07, 6.45) is 5.18. The van der Waals surface area contributed by atoms with E-state index in [1.54, 1.807) is 42.5 Å². The SMILES string of the molecule is O=C1c2ccccc2C(=O)c2c(NC(=O)C(Sc3cccc(NC(=O)C4CCCCC4)c3)c3ccccc3)cccc21. The summed E-state index contributed by atoms with van der Waals surface area (Å²) in [5.41, 5.74) is 2.97. The maximum Gasteiger partial charge on any atom is 0.242 e. The molecular weight excluding hydrogens is 544 g/mol. The van der Waals surface area contributed by atoms with Gasteiger partial charge in [0.2, 0.25) is 11.8 Å². The van der Waals surface area contributed by atoms with Crippen LogP contribution in [0.25, 0.3) is 0 Å². The number of ketones is 2. The molecule has 2 N–H and O–H groups in total. The van der Waals surface area contributed by atoms with Gasteiger partial charge in [0.1, 0.15) is 5.25 Å². The van der Waals surface area contributed by atoms with Gasteiger partial charge in [0, 0.05) is 33.2 Å². The number of anilines is 2. The molecule has 2 aliphatic rings. The van der Waals surface area contributed by atoms with E-state index in [-0.39, 0.29) is 40.4 Å². The zero-order valence-electron chi connectivity index (χ0n) is 23.0. The number of thioether (sulfide) groups is 1. The third-order valence-electron chi connectivity index (χ3n) is 7.88. The average molecular weight is 575 g/mol. The molecule has 1 unspecified atom stereocenters. The highest BCUT2D eigenvalue weighted by Crippen LogP contribution is 2.39. The quantitative estimate of drug-likeness (QED) is 0.197. The Hall–Kier alpha value is -4.49. The lowest BCUT2D eigenvalue weighted by atomic mass is 9.83. The second-order valence-electron chi connectivity index (χ2n) is 10.7. The molecular formula is C35H30N2O4S. The fourth-order valence-electron chi connectivity index (χ4n) is 5.74. The summed E-state index contributed by atoms with van der Waals surface area (Å²) in [7, 11) is 0. The van der Waals surface area contributed by atoms with Crippen LogP contribution in [0.2, 0.25) is 0 Å². The minimum atomic E-state index is -0.659. The van der Waals surface area contributed by atoms with Gasteiger partial charge in [0.15, 0.2) is 11.6 Å². The fourth-order valence-corrected chi connectivity index (χ4v) is 6.82. The third-order valence-corrected chi connectivity index (χ3v) is 9.13. The van der Waals surface area contributed by atoms with E-state index in [0.29, 0.717) is 22.5 Å². The number of carbonyl (C=O) groups excluding carboxylic acids is 4. The fraction of sp³-hybridized carbons (Fsp3) is 0.200. The second kappa shape index (κ2) is 12.2. The minimum absolute atomic E-state index is 0.0382. The molecule has 0 radical (unpaired) electrons. The molecule has 210 valence electrons. The predicted octanol–water partition coefficient (Wildman–Crippen LogP) is 7.45. The van der Waals surface area contributed by atoms with Crippen molar-refractivity contribution >= 4 is 46.5 Å². The van der Waals surface area contributed by atoms with Gasteiger partial charge in [0.05, 0.1) is 11.3 Å². The second-order valence-corrected chi connectivity index (χ2v) is 11.9. The Kier molecular flexibility index (Phi) is 8.02. The first kappa shape index (κ1) is 27.7. The molecule has 0 bridgehead atoms. The van der Waals surface area contributed by atoms with Crippen molar-refractivity contribution in [2.24, 2.45) is 5.92 Å². The van der Waals surface area contributed by atoms with Crippen molar-refractivity contribution < 1.29 is 19.2 Å². The Labute approximate surface area is 248 Å². The molecule has 7 heteroatoms. The van der Waals surface area contributed by atoms with Crippen LogP contribution in [0.5, 0.6) is 0 Å². The summed E-state index contributed by atoms with van der Waals surface area (Å²) in [6.45, 7) is 0. The molecule has 4 aromatic carbocycles. The minimum Gasteiger partial charge on any atom is -0.326 e. The number of fused-ring (bicyclic) bond motifs is 2. The molecule has 0 heterocycles. The van der Waals surface area contributed by atoms with Gasteiger partial charge >= 0.3 is 0 Å². The van der Waals surface area contributed by atoms with E-state index < -0.39 is 5.25 Å². The van der Waals surface area contributed by atoms with Gasteiger partial charge in [-0.25, -0.2) is 0 Å². The summed E-state index contributed by atoms with van der Waals surface area (Å²) in [6, 6.07) is 28.6. The standard InChI is InChI=1S/C35H30N2O4S/c38-31-26-17-7-8-18-27(26)32(39)30-28(31)19-10-20-29(30)37-35(41)33(22-11-3-1-4-12-22)42-25-16-9-15-24(21-25)36-34(40)23-13-5-2-6-14-23/h1,3-4,7-12,15-21,23,33H,2,5-6,13-14H2,(H,36,40)(H,37,41). The summed E-state index contributed by atoms with van der Waals surface area (Å²) in [5, 5.41) is 5.36. The first-order chi connectivity index (χ1) is 20.5.